The first-order valence-electron chi connectivity index (χ1n) is 13.1. The fourth-order valence-electron chi connectivity index (χ4n) is 6.78. The number of aryl methyl sites for hydroxylation is 1. The topological polar surface area (TPSA) is 12.9 Å². The lowest BCUT2D eigenvalue weighted by atomic mass is 9.86. The molecule has 2 fully saturated rings. The first-order chi connectivity index (χ1) is 16.5. The zero-order valence-corrected chi connectivity index (χ0v) is 20.6. The zero-order chi connectivity index (χ0) is 23.0. The van der Waals surface area contributed by atoms with Crippen molar-refractivity contribution in [3.63, 3.8) is 0 Å². The van der Waals surface area contributed by atoms with Crippen LogP contribution in [0.1, 0.15) is 85.6 Å². The number of hydrogen-bond donors (Lipinski definition) is 0. The van der Waals surface area contributed by atoms with Crippen molar-refractivity contribution >= 4 is 10.8 Å². The fourth-order valence-corrected chi connectivity index (χ4v) is 6.78. The number of nitrogens with zero attached hydrogens (tertiary/aromatic N) is 1. The summed E-state index contributed by atoms with van der Waals surface area (Å²) in [4.78, 5) is 5.22. The van der Waals surface area contributed by atoms with E-state index in [1.54, 1.807) is 0 Å². The molecule has 1 heterocycles. The number of hydrogen-bond acceptors (Lipinski definition) is 1. The first kappa shape index (κ1) is 20.4. The number of benzene rings is 3. The van der Waals surface area contributed by atoms with Crippen molar-refractivity contribution in [1.29, 1.82) is 0 Å². The van der Waals surface area contributed by atoms with Crippen LogP contribution in [0.2, 0.25) is 0 Å². The molecule has 0 saturated heterocycles. The SMILES string of the molecule is Cc1cc2c(c(-c3ncc(C4CC4)c4ccc(C5CCC(C)(C)C5)cc34)c1)Cc1ccccc1-2. The van der Waals surface area contributed by atoms with E-state index in [1.807, 2.05) is 0 Å². The van der Waals surface area contributed by atoms with Crippen molar-refractivity contribution in [1.82, 2.24) is 4.98 Å². The van der Waals surface area contributed by atoms with E-state index in [2.05, 4.69) is 81.6 Å². The molecule has 1 nitrogen and oxygen atoms in total. The van der Waals surface area contributed by atoms with E-state index >= 15 is 0 Å². The molecule has 7 rings (SSSR count). The number of aromatic nitrogens is 1. The van der Waals surface area contributed by atoms with Gasteiger partial charge in [0.2, 0.25) is 0 Å². The monoisotopic (exact) mass is 443 g/mol. The van der Waals surface area contributed by atoms with Gasteiger partial charge in [-0.2, -0.15) is 0 Å². The molecule has 0 aliphatic heterocycles. The van der Waals surface area contributed by atoms with Gasteiger partial charge in [-0.3, -0.25) is 4.98 Å². The van der Waals surface area contributed by atoms with Gasteiger partial charge in [0.05, 0.1) is 5.69 Å². The molecule has 34 heavy (non-hydrogen) atoms. The summed E-state index contributed by atoms with van der Waals surface area (Å²) in [6.45, 7) is 7.09. The summed E-state index contributed by atoms with van der Waals surface area (Å²) >= 11 is 0. The van der Waals surface area contributed by atoms with Crippen LogP contribution in [0.3, 0.4) is 0 Å². The second kappa shape index (κ2) is 7.28. The Hall–Kier alpha value is -2.93. The highest BCUT2D eigenvalue weighted by Crippen LogP contribution is 2.49. The Morgan fingerprint density at radius 1 is 0.824 bits per heavy atom. The normalized spacial score (nSPS) is 20.5. The van der Waals surface area contributed by atoms with Gasteiger partial charge in [-0.15, -0.1) is 0 Å². The smallest absolute Gasteiger partial charge is 0.0783 e. The molecule has 170 valence electrons. The van der Waals surface area contributed by atoms with Crippen LogP contribution in [0, 0.1) is 12.3 Å². The van der Waals surface area contributed by atoms with E-state index in [9.17, 15) is 0 Å². The molecule has 0 amide bonds. The predicted molar refractivity (Wildman–Crippen MR) is 143 cm³/mol. The highest BCUT2D eigenvalue weighted by Gasteiger charge is 2.33. The third-order valence-electron chi connectivity index (χ3n) is 8.72. The van der Waals surface area contributed by atoms with Crippen molar-refractivity contribution in [3.05, 3.63) is 88.6 Å². The van der Waals surface area contributed by atoms with Gasteiger partial charge in [-0.05, 0) is 119 Å². The Kier molecular flexibility index (Phi) is 4.38. The maximum Gasteiger partial charge on any atom is 0.0783 e. The Morgan fingerprint density at radius 2 is 1.65 bits per heavy atom. The molecule has 1 aromatic heterocycles. The molecule has 1 heteroatoms. The highest BCUT2D eigenvalue weighted by molar-refractivity contribution is 5.99. The summed E-state index contributed by atoms with van der Waals surface area (Å²) in [5, 5.41) is 2.80. The molecular formula is C33H33N. The maximum atomic E-state index is 5.22. The molecule has 3 aliphatic rings. The molecule has 3 aliphatic carbocycles. The lowest BCUT2D eigenvalue weighted by Gasteiger charge is -2.19. The Balaban J connectivity index is 1.44. The van der Waals surface area contributed by atoms with E-state index in [4.69, 9.17) is 4.98 Å². The van der Waals surface area contributed by atoms with E-state index in [0.717, 1.165) is 6.42 Å². The van der Waals surface area contributed by atoms with Crippen LogP contribution in [0.5, 0.6) is 0 Å². The molecule has 0 radical (unpaired) electrons. The van der Waals surface area contributed by atoms with E-state index in [0.29, 0.717) is 17.3 Å². The van der Waals surface area contributed by atoms with Crippen LogP contribution in [0.25, 0.3) is 33.2 Å². The van der Waals surface area contributed by atoms with Crippen molar-refractivity contribution in [2.45, 2.75) is 71.1 Å². The van der Waals surface area contributed by atoms with Gasteiger partial charge in [0.15, 0.2) is 0 Å². The van der Waals surface area contributed by atoms with Gasteiger partial charge in [0.25, 0.3) is 0 Å². The lowest BCUT2D eigenvalue weighted by Crippen LogP contribution is -2.04. The summed E-state index contributed by atoms with van der Waals surface area (Å²) in [5.41, 5.74) is 13.0. The summed E-state index contributed by atoms with van der Waals surface area (Å²) in [6.07, 6.45) is 9.74. The van der Waals surface area contributed by atoms with Crippen molar-refractivity contribution < 1.29 is 0 Å². The second-order valence-electron chi connectivity index (χ2n) is 11.9. The van der Waals surface area contributed by atoms with Crippen molar-refractivity contribution in [3.8, 4) is 22.4 Å². The molecule has 0 spiro atoms. The van der Waals surface area contributed by atoms with E-state index in [-0.39, 0.29) is 0 Å². The van der Waals surface area contributed by atoms with Gasteiger partial charge < -0.3 is 0 Å². The minimum atomic E-state index is 0.458. The Morgan fingerprint density at radius 3 is 2.44 bits per heavy atom. The quantitative estimate of drug-likeness (QED) is 0.271. The molecule has 0 N–H and O–H groups in total. The third-order valence-corrected chi connectivity index (χ3v) is 8.72. The molecule has 1 atom stereocenters. The van der Waals surface area contributed by atoms with Crippen LogP contribution in [0.4, 0.5) is 0 Å². The van der Waals surface area contributed by atoms with Crippen LogP contribution < -0.4 is 0 Å². The highest BCUT2D eigenvalue weighted by atomic mass is 14.7. The molecule has 3 aromatic carbocycles. The van der Waals surface area contributed by atoms with Gasteiger partial charge in [0.1, 0.15) is 0 Å². The van der Waals surface area contributed by atoms with Gasteiger partial charge in [-0.25, -0.2) is 0 Å². The third kappa shape index (κ3) is 3.24. The molecule has 1 unspecified atom stereocenters. The van der Waals surface area contributed by atoms with Crippen LogP contribution in [0.15, 0.2) is 60.8 Å². The summed E-state index contributed by atoms with van der Waals surface area (Å²) in [5.74, 6) is 1.37. The molecular weight excluding hydrogens is 410 g/mol. The molecule has 0 bridgehead atoms. The largest absolute Gasteiger partial charge is 0.255 e. The minimum absolute atomic E-state index is 0.458. The second-order valence-corrected chi connectivity index (χ2v) is 11.9. The molecule has 2 saturated carbocycles. The average molecular weight is 444 g/mol. The summed E-state index contributed by atoms with van der Waals surface area (Å²) in [7, 11) is 0. The van der Waals surface area contributed by atoms with Crippen molar-refractivity contribution in [2.24, 2.45) is 5.41 Å². The maximum absolute atomic E-state index is 5.22. The minimum Gasteiger partial charge on any atom is -0.255 e. The lowest BCUT2D eigenvalue weighted by molar-refractivity contribution is 0.376. The number of pyridine rings is 1. The standard InChI is InChI=1S/C33H33N/c1-20-14-27-25-7-5-4-6-23(25)17-28(27)29(15-20)32-30-16-22(24-12-13-33(2,3)18-24)10-11-26(30)31(19-34-32)21-8-9-21/h4-7,10-11,14-16,19,21,24H,8-9,12-13,17-18H2,1-3H3. The summed E-state index contributed by atoms with van der Waals surface area (Å²) < 4.78 is 0. The average Bonchev–Trinajstić information content (AvgIpc) is 3.51. The van der Waals surface area contributed by atoms with Crippen LogP contribution in [-0.2, 0) is 6.42 Å². The van der Waals surface area contributed by atoms with Crippen LogP contribution in [-0.4, -0.2) is 4.98 Å². The Labute approximate surface area is 203 Å². The van der Waals surface area contributed by atoms with E-state index in [1.165, 1.54) is 93.1 Å². The van der Waals surface area contributed by atoms with Crippen molar-refractivity contribution in [2.75, 3.05) is 0 Å². The predicted octanol–water partition coefficient (Wildman–Crippen LogP) is 8.95. The fraction of sp³-hybridized carbons (Fsp3) is 0.364. The summed E-state index contributed by atoms with van der Waals surface area (Å²) in [6, 6.07) is 21.1. The van der Waals surface area contributed by atoms with Gasteiger partial charge >= 0.3 is 0 Å². The zero-order valence-electron chi connectivity index (χ0n) is 20.6. The van der Waals surface area contributed by atoms with Gasteiger partial charge in [-0.1, -0.05) is 56.3 Å². The van der Waals surface area contributed by atoms with E-state index < -0.39 is 0 Å². The number of rotatable bonds is 3. The molecule has 4 aromatic rings. The van der Waals surface area contributed by atoms with Gasteiger partial charge in [0, 0.05) is 17.1 Å². The first-order valence-corrected chi connectivity index (χ1v) is 13.1. The Bertz CT molecular complexity index is 1450. The van der Waals surface area contributed by atoms with Crippen LogP contribution >= 0.6 is 0 Å². The number of fused-ring (bicyclic) bond motifs is 4.